The summed E-state index contributed by atoms with van der Waals surface area (Å²) in [6, 6.07) is 25.1. The molecule has 4 aromatic rings. The number of methoxy groups -OCH3 is 1. The summed E-state index contributed by atoms with van der Waals surface area (Å²) in [4.78, 5) is 13.4. The number of nitrogens with one attached hydrogen (secondary N) is 2. The molecule has 2 N–H and O–H groups in total. The first-order chi connectivity index (χ1) is 16.1. The summed E-state index contributed by atoms with van der Waals surface area (Å²) in [5, 5.41) is 12.0. The van der Waals surface area contributed by atoms with Crippen LogP contribution in [0, 0.1) is 6.92 Å². The Bertz CT molecular complexity index is 1260. The average molecular weight is 458 g/mol. The van der Waals surface area contributed by atoms with Crippen molar-refractivity contribution in [2.24, 2.45) is 0 Å². The van der Waals surface area contributed by atoms with Gasteiger partial charge in [-0.25, -0.2) is 4.68 Å². The second kappa shape index (κ2) is 8.99. The minimum Gasteiger partial charge on any atom is -0.497 e. The molecule has 1 aliphatic heterocycles. The molecule has 33 heavy (non-hydrogen) atoms. The number of benzene rings is 3. The van der Waals surface area contributed by atoms with Crippen LogP contribution in [0.4, 0.5) is 5.69 Å². The molecule has 0 spiro atoms. The number of hydrogen-bond acceptors (Lipinski definition) is 6. The number of nitrogens with zero attached hydrogens (tertiary/aromatic N) is 3. The molecule has 0 unspecified atom stereocenters. The second-order valence-corrected chi connectivity index (χ2v) is 8.89. The van der Waals surface area contributed by atoms with E-state index in [0.29, 0.717) is 16.7 Å². The van der Waals surface area contributed by atoms with Crippen molar-refractivity contribution in [1.29, 1.82) is 0 Å². The predicted molar refractivity (Wildman–Crippen MR) is 130 cm³/mol. The lowest BCUT2D eigenvalue weighted by Crippen LogP contribution is -2.41. The maximum absolute atomic E-state index is 13.4. The van der Waals surface area contributed by atoms with Crippen LogP contribution in [0.15, 0.2) is 84.0 Å². The van der Waals surface area contributed by atoms with Gasteiger partial charge in [0.1, 0.15) is 11.0 Å². The van der Waals surface area contributed by atoms with Gasteiger partial charge in [-0.2, -0.15) is 0 Å². The molecule has 2 atom stereocenters. The lowest BCUT2D eigenvalue weighted by atomic mass is 10.0. The van der Waals surface area contributed by atoms with Crippen LogP contribution in [-0.2, 0) is 4.79 Å². The number of ether oxygens (including phenoxy) is 1. The van der Waals surface area contributed by atoms with Gasteiger partial charge < -0.3 is 15.5 Å². The van der Waals surface area contributed by atoms with Crippen molar-refractivity contribution < 1.29 is 9.53 Å². The van der Waals surface area contributed by atoms with Crippen molar-refractivity contribution in [2.75, 3.05) is 17.9 Å². The molecule has 8 heteroatoms. The third-order valence-electron chi connectivity index (χ3n) is 5.52. The Morgan fingerprint density at radius 3 is 2.42 bits per heavy atom. The Labute approximate surface area is 196 Å². The van der Waals surface area contributed by atoms with Crippen LogP contribution in [-0.4, -0.2) is 33.1 Å². The van der Waals surface area contributed by atoms with Crippen LogP contribution in [0.5, 0.6) is 5.75 Å². The van der Waals surface area contributed by atoms with E-state index in [1.165, 1.54) is 11.8 Å². The third-order valence-corrected chi connectivity index (χ3v) is 6.74. The van der Waals surface area contributed by atoms with Crippen LogP contribution in [0.3, 0.4) is 0 Å². The molecule has 0 bridgehead atoms. The number of aryl methyl sites for hydroxylation is 1. The van der Waals surface area contributed by atoms with Gasteiger partial charge >= 0.3 is 0 Å². The Morgan fingerprint density at radius 2 is 1.73 bits per heavy atom. The molecular formula is C25H23N5O2S. The van der Waals surface area contributed by atoms with E-state index in [9.17, 15) is 4.79 Å². The van der Waals surface area contributed by atoms with Gasteiger partial charge in [-0.05, 0) is 36.8 Å². The molecule has 0 fully saturated rings. The van der Waals surface area contributed by atoms with Crippen LogP contribution in [0.1, 0.15) is 17.2 Å². The smallest absolute Gasteiger partial charge is 0.240 e. The normalized spacial score (nSPS) is 17.0. The Balaban J connectivity index is 1.48. The molecule has 0 saturated carbocycles. The number of carbonyl (C=O) groups is 1. The quantitative estimate of drug-likeness (QED) is 0.454. The van der Waals surface area contributed by atoms with Crippen molar-refractivity contribution in [1.82, 2.24) is 14.9 Å². The van der Waals surface area contributed by atoms with Gasteiger partial charge in [0.25, 0.3) is 0 Å². The minimum absolute atomic E-state index is 0.112. The van der Waals surface area contributed by atoms with E-state index >= 15 is 0 Å². The molecule has 3 aromatic carbocycles. The summed E-state index contributed by atoms with van der Waals surface area (Å²) < 4.78 is 7.08. The summed E-state index contributed by atoms with van der Waals surface area (Å²) in [5.74, 6) is 1.34. The molecule has 1 aliphatic rings. The summed E-state index contributed by atoms with van der Waals surface area (Å²) >= 11 is 1.40. The Morgan fingerprint density at radius 1 is 1.00 bits per heavy atom. The number of hydrogen-bond donors (Lipinski definition) is 2. The molecule has 1 amide bonds. The predicted octanol–water partition coefficient (Wildman–Crippen LogP) is 4.66. The molecule has 2 heterocycles. The van der Waals surface area contributed by atoms with Crippen LogP contribution < -0.4 is 15.5 Å². The highest BCUT2D eigenvalue weighted by molar-refractivity contribution is 8.00. The van der Waals surface area contributed by atoms with Crippen LogP contribution in [0.2, 0.25) is 0 Å². The monoisotopic (exact) mass is 457 g/mol. The number of rotatable bonds is 5. The minimum atomic E-state index is -0.449. The van der Waals surface area contributed by atoms with E-state index in [2.05, 4.69) is 45.2 Å². The summed E-state index contributed by atoms with van der Waals surface area (Å²) in [7, 11) is 1.62. The topological polar surface area (TPSA) is 81.1 Å². The van der Waals surface area contributed by atoms with Gasteiger partial charge in [0, 0.05) is 11.3 Å². The van der Waals surface area contributed by atoms with Crippen molar-refractivity contribution >= 4 is 23.4 Å². The van der Waals surface area contributed by atoms with E-state index in [1.54, 1.807) is 7.11 Å². The average Bonchev–Trinajstić information content (AvgIpc) is 3.28. The van der Waals surface area contributed by atoms with E-state index in [0.717, 1.165) is 22.4 Å². The van der Waals surface area contributed by atoms with Crippen LogP contribution in [0.25, 0.3) is 11.4 Å². The number of aromatic nitrogens is 3. The lowest BCUT2D eigenvalue weighted by Gasteiger charge is -2.33. The zero-order valence-corrected chi connectivity index (χ0v) is 19.0. The van der Waals surface area contributed by atoms with Crippen LogP contribution >= 0.6 is 11.8 Å². The first-order valence-electron chi connectivity index (χ1n) is 10.6. The van der Waals surface area contributed by atoms with E-state index in [-0.39, 0.29) is 11.9 Å². The van der Waals surface area contributed by atoms with Gasteiger partial charge in [-0.3, -0.25) is 4.79 Å². The molecule has 0 aliphatic carbocycles. The Hall–Kier alpha value is -3.78. The zero-order chi connectivity index (χ0) is 22.8. The number of thioether (sulfide) groups is 1. The van der Waals surface area contributed by atoms with Crippen molar-refractivity contribution in [3.63, 3.8) is 0 Å². The van der Waals surface area contributed by atoms with Gasteiger partial charge in [0.05, 0.1) is 13.2 Å². The second-order valence-electron chi connectivity index (χ2n) is 7.78. The fraction of sp³-hybridized carbons (Fsp3) is 0.160. The molecule has 1 aromatic heterocycles. The largest absolute Gasteiger partial charge is 0.497 e. The van der Waals surface area contributed by atoms with Gasteiger partial charge in [0.2, 0.25) is 11.1 Å². The number of anilines is 1. The maximum atomic E-state index is 13.4. The van der Waals surface area contributed by atoms with E-state index in [1.807, 2.05) is 66.2 Å². The fourth-order valence-corrected chi connectivity index (χ4v) is 4.82. The summed E-state index contributed by atoms with van der Waals surface area (Å²) in [6.07, 6.45) is 0. The lowest BCUT2D eigenvalue weighted by molar-refractivity contribution is -0.116. The first-order valence-corrected chi connectivity index (χ1v) is 11.5. The summed E-state index contributed by atoms with van der Waals surface area (Å²) in [5.41, 5.74) is 7.34. The summed E-state index contributed by atoms with van der Waals surface area (Å²) in [6.45, 7) is 2.05. The highest BCUT2D eigenvalue weighted by Gasteiger charge is 2.38. The molecule has 5 rings (SSSR count). The highest BCUT2D eigenvalue weighted by atomic mass is 32.2. The van der Waals surface area contributed by atoms with E-state index in [4.69, 9.17) is 4.74 Å². The van der Waals surface area contributed by atoms with E-state index < -0.39 is 5.25 Å². The number of amides is 1. The molecular weight excluding hydrogens is 434 g/mol. The molecule has 0 radical (unpaired) electrons. The first kappa shape index (κ1) is 21.1. The van der Waals surface area contributed by atoms with Gasteiger partial charge in [0.15, 0.2) is 5.82 Å². The SMILES string of the molecule is COc1ccc(NC(=O)[C@@H]2Sc3nnc(-c4ccccc4)n3N[C@@H]2c2ccc(C)cc2)cc1. The fourth-order valence-electron chi connectivity index (χ4n) is 3.74. The third kappa shape index (κ3) is 4.29. The number of fused-ring (bicyclic) bond motifs is 1. The highest BCUT2D eigenvalue weighted by Crippen LogP contribution is 2.39. The molecule has 0 saturated heterocycles. The molecule has 7 nitrogen and oxygen atoms in total. The van der Waals surface area contributed by atoms with Crippen molar-refractivity contribution in [3.05, 3.63) is 90.0 Å². The Kier molecular flexibility index (Phi) is 5.75. The van der Waals surface area contributed by atoms with Gasteiger partial charge in [-0.1, -0.05) is 71.9 Å². The number of carbonyl (C=O) groups excluding carboxylic acids is 1. The zero-order valence-electron chi connectivity index (χ0n) is 18.2. The standard InChI is InChI=1S/C25H23N5O2S/c1-16-8-10-17(11-9-16)21-22(24(31)26-19-12-14-20(32-2)15-13-19)33-25-28-27-23(30(25)29-21)18-6-4-3-5-7-18/h3-15,21-22,29H,1-2H3,(H,26,31)/t21-,22-/m1/s1. The van der Waals surface area contributed by atoms with Crippen molar-refractivity contribution in [2.45, 2.75) is 23.4 Å². The molecule has 166 valence electrons. The van der Waals surface area contributed by atoms with Gasteiger partial charge in [-0.15, -0.1) is 10.2 Å². The van der Waals surface area contributed by atoms with Crippen molar-refractivity contribution in [3.8, 4) is 17.1 Å². The maximum Gasteiger partial charge on any atom is 0.240 e.